The second-order valence-corrected chi connectivity index (χ2v) is 6.21. The fourth-order valence-electron chi connectivity index (χ4n) is 0.925. The third-order valence-corrected chi connectivity index (χ3v) is 4.10. The molecule has 0 amide bonds. The van der Waals surface area contributed by atoms with Gasteiger partial charge in [0.2, 0.25) is 0 Å². The summed E-state index contributed by atoms with van der Waals surface area (Å²) < 4.78 is 32.7. The van der Waals surface area contributed by atoms with Crippen molar-refractivity contribution in [1.82, 2.24) is 0 Å². The maximum Gasteiger partial charge on any atom is 0.157 e. The van der Waals surface area contributed by atoms with Crippen molar-refractivity contribution in [3.8, 4) is 0 Å². The minimum absolute atomic E-state index is 0.0327. The minimum Gasteiger partial charge on any atom is -0.394 e. The Kier molecular flexibility index (Phi) is 9.52. The Morgan fingerprint density at radius 3 is 1.59 bits per heavy atom. The number of hydrogen-bond donors (Lipinski definition) is 2. The van der Waals surface area contributed by atoms with Crippen LogP contribution in [0.4, 0.5) is 0 Å². The van der Waals surface area contributed by atoms with E-state index in [0.717, 1.165) is 0 Å². The van der Waals surface area contributed by atoms with Gasteiger partial charge in [-0.15, -0.1) is 0 Å². The zero-order valence-corrected chi connectivity index (χ0v) is 11.4. The van der Waals surface area contributed by atoms with Gasteiger partial charge in [0.1, 0.15) is 11.1 Å². The summed E-state index contributed by atoms with van der Waals surface area (Å²) in [5.74, 6) is -0.833. The number of alkyl halides is 2. The first-order chi connectivity index (χ1) is 7.91. The van der Waals surface area contributed by atoms with E-state index in [1.165, 1.54) is 0 Å². The molecular formula is C8H16Cl2O6S. The third-order valence-electron chi connectivity index (χ3n) is 1.55. The first-order valence-electron chi connectivity index (χ1n) is 4.84. The zero-order chi connectivity index (χ0) is 13.3. The third kappa shape index (κ3) is 10.0. The van der Waals surface area contributed by atoms with Crippen molar-refractivity contribution in [2.45, 2.75) is 11.1 Å². The highest BCUT2D eigenvalue weighted by Crippen LogP contribution is 2.09. The highest BCUT2D eigenvalue weighted by atomic mass is 35.5. The molecule has 2 N–H and O–H groups in total. The van der Waals surface area contributed by atoms with Crippen LogP contribution in [0.1, 0.15) is 0 Å². The van der Waals surface area contributed by atoms with Crippen molar-refractivity contribution in [3.05, 3.63) is 0 Å². The largest absolute Gasteiger partial charge is 0.394 e. The summed E-state index contributed by atoms with van der Waals surface area (Å²) in [7, 11) is -3.52. The van der Waals surface area contributed by atoms with Crippen LogP contribution in [0.15, 0.2) is 0 Å². The summed E-state index contributed by atoms with van der Waals surface area (Å²) in [5.41, 5.74) is -2.07. The Bertz CT molecular complexity index is 262. The molecule has 0 heterocycles. The smallest absolute Gasteiger partial charge is 0.157 e. The Labute approximate surface area is 110 Å². The average Bonchev–Trinajstić information content (AvgIpc) is 2.22. The first kappa shape index (κ1) is 17.4. The summed E-state index contributed by atoms with van der Waals surface area (Å²) in [5, 5.41) is 16.9. The Morgan fingerprint density at radius 2 is 1.29 bits per heavy atom. The molecule has 0 aromatic rings. The van der Waals surface area contributed by atoms with E-state index in [1.54, 1.807) is 0 Å². The van der Waals surface area contributed by atoms with Crippen LogP contribution >= 0.6 is 23.2 Å². The lowest BCUT2D eigenvalue weighted by molar-refractivity contribution is 0.0787. The summed E-state index contributed by atoms with van der Waals surface area (Å²) >= 11 is 11.2. The molecule has 0 aliphatic heterocycles. The molecule has 0 aromatic heterocycles. The first-order valence-corrected chi connectivity index (χ1v) is 7.54. The second-order valence-electron chi connectivity index (χ2n) is 3.09. The zero-order valence-electron chi connectivity index (χ0n) is 9.09. The number of hydrogen-bond acceptors (Lipinski definition) is 6. The fraction of sp³-hybridized carbons (Fsp3) is 1.00. The molecule has 17 heavy (non-hydrogen) atoms. The fourth-order valence-corrected chi connectivity index (χ4v) is 3.38. The molecule has 6 nitrogen and oxygen atoms in total. The van der Waals surface area contributed by atoms with Gasteiger partial charge in [-0.05, 0) is 0 Å². The molecule has 0 aliphatic rings. The van der Waals surface area contributed by atoms with E-state index in [-0.39, 0.29) is 26.4 Å². The van der Waals surface area contributed by atoms with Gasteiger partial charge in [0.25, 0.3) is 0 Å². The molecule has 0 rings (SSSR count). The molecule has 0 bridgehead atoms. The highest BCUT2D eigenvalue weighted by molar-refractivity contribution is 7.91. The van der Waals surface area contributed by atoms with E-state index in [0.29, 0.717) is 0 Å². The lowest BCUT2D eigenvalue weighted by Crippen LogP contribution is -2.27. The van der Waals surface area contributed by atoms with E-state index in [1.807, 2.05) is 0 Å². The van der Waals surface area contributed by atoms with Crippen molar-refractivity contribution in [3.63, 3.8) is 0 Å². The molecule has 0 spiro atoms. The minimum atomic E-state index is -3.52. The van der Waals surface area contributed by atoms with Gasteiger partial charge in [-0.2, -0.15) is 0 Å². The Morgan fingerprint density at radius 1 is 0.941 bits per heavy atom. The van der Waals surface area contributed by atoms with Crippen LogP contribution in [0, 0.1) is 0 Å². The second kappa shape index (κ2) is 9.32. The number of ether oxygens (including phenoxy) is 2. The molecule has 0 fully saturated rings. The van der Waals surface area contributed by atoms with E-state index in [4.69, 9.17) is 42.9 Å². The van der Waals surface area contributed by atoms with Crippen molar-refractivity contribution >= 4 is 33.0 Å². The predicted molar refractivity (Wildman–Crippen MR) is 64.0 cm³/mol. The van der Waals surface area contributed by atoms with Crippen molar-refractivity contribution in [1.29, 1.82) is 0 Å². The molecule has 0 aliphatic carbocycles. The van der Waals surface area contributed by atoms with E-state index >= 15 is 0 Å². The van der Waals surface area contributed by atoms with Crippen molar-refractivity contribution in [2.75, 3.05) is 37.9 Å². The molecular weight excluding hydrogens is 295 g/mol. The molecule has 104 valence electrons. The average molecular weight is 311 g/mol. The molecule has 2 atom stereocenters. The monoisotopic (exact) mass is 310 g/mol. The number of sulfone groups is 1. The van der Waals surface area contributed by atoms with Gasteiger partial charge in [0.15, 0.2) is 9.84 Å². The van der Waals surface area contributed by atoms with Crippen LogP contribution < -0.4 is 0 Å². The summed E-state index contributed by atoms with van der Waals surface area (Å²) in [4.78, 5) is 0. The lowest BCUT2D eigenvalue weighted by Gasteiger charge is -2.13. The molecule has 0 saturated carbocycles. The van der Waals surface area contributed by atoms with Crippen LogP contribution in [-0.4, -0.2) is 67.7 Å². The molecule has 0 aromatic carbocycles. The summed E-state index contributed by atoms with van der Waals surface area (Å²) in [6, 6.07) is 0. The number of aliphatic hydroxyl groups is 2. The lowest BCUT2D eigenvalue weighted by atomic mass is 10.7. The van der Waals surface area contributed by atoms with E-state index in [9.17, 15) is 8.42 Å². The van der Waals surface area contributed by atoms with Gasteiger partial charge in [-0.25, -0.2) is 8.42 Å². The quantitative estimate of drug-likeness (QED) is 0.531. The van der Waals surface area contributed by atoms with Gasteiger partial charge < -0.3 is 19.7 Å². The molecule has 0 saturated heterocycles. The maximum atomic E-state index is 11.5. The van der Waals surface area contributed by atoms with Crippen LogP contribution in [0.25, 0.3) is 0 Å². The van der Waals surface area contributed by atoms with Crippen molar-refractivity contribution < 1.29 is 28.1 Å². The van der Waals surface area contributed by atoms with Gasteiger partial charge in [0.05, 0.1) is 37.9 Å². The molecule has 9 heteroatoms. The topological polar surface area (TPSA) is 93.1 Å². The van der Waals surface area contributed by atoms with Crippen LogP contribution in [-0.2, 0) is 19.3 Å². The van der Waals surface area contributed by atoms with Gasteiger partial charge in [-0.1, -0.05) is 23.2 Å². The molecule has 2 unspecified atom stereocenters. The maximum absolute atomic E-state index is 11.5. The van der Waals surface area contributed by atoms with Gasteiger partial charge in [0, 0.05) is 0 Å². The van der Waals surface area contributed by atoms with E-state index in [2.05, 4.69) is 0 Å². The van der Waals surface area contributed by atoms with Crippen LogP contribution in [0.3, 0.4) is 0 Å². The van der Waals surface area contributed by atoms with E-state index < -0.39 is 32.5 Å². The van der Waals surface area contributed by atoms with Gasteiger partial charge in [-0.3, -0.25) is 0 Å². The summed E-state index contributed by atoms with van der Waals surface area (Å²) in [6.07, 6.45) is 0. The van der Waals surface area contributed by atoms with Crippen LogP contribution in [0.5, 0.6) is 0 Å². The highest BCUT2D eigenvalue weighted by Gasteiger charge is 2.22. The Balaban J connectivity index is 4.01. The number of rotatable bonds is 10. The summed E-state index contributed by atoms with van der Waals surface area (Å²) in [6.45, 7) is -0.536. The SMILES string of the molecule is O=S(=O)(CC(Cl)OCCO)CC(Cl)OCCO. The molecule has 0 radical (unpaired) electrons. The predicted octanol–water partition coefficient (Wildman–Crippen LogP) is -0.451. The van der Waals surface area contributed by atoms with Crippen LogP contribution in [0.2, 0.25) is 0 Å². The van der Waals surface area contributed by atoms with Crippen molar-refractivity contribution in [2.24, 2.45) is 0 Å². The van der Waals surface area contributed by atoms with Gasteiger partial charge >= 0.3 is 0 Å². The standard InChI is InChI=1S/C8H16Cl2O6S/c9-7(15-3-1-11)5-17(13,14)6-8(10)16-4-2-12/h7-8,11-12H,1-6H2. The normalized spacial score (nSPS) is 15.8. The number of aliphatic hydroxyl groups excluding tert-OH is 2. The number of halogens is 2. The Hall–Kier alpha value is 0.370.